The highest BCUT2D eigenvalue weighted by Crippen LogP contribution is 1.96. The van der Waals surface area contributed by atoms with Crippen LogP contribution < -0.4 is 5.73 Å². The molecule has 0 heterocycles. The normalized spacial score (nSPS) is 11.5. The molecule has 0 saturated heterocycles. The molecule has 0 aromatic carbocycles. The monoisotopic (exact) mass is 210 g/mol. The van der Waals surface area contributed by atoms with E-state index in [9.17, 15) is 18.0 Å². The van der Waals surface area contributed by atoms with Crippen molar-refractivity contribution in [2.24, 2.45) is 5.73 Å². The average Bonchev–Trinajstić information content (AvgIpc) is 1.81. The van der Waals surface area contributed by atoms with E-state index in [0.717, 1.165) is 7.05 Å². The third kappa shape index (κ3) is 4.43. The number of carboxylic acids is 1. The highest BCUT2D eigenvalue weighted by atomic mass is 32.2. The van der Waals surface area contributed by atoms with Crippen molar-refractivity contribution in [3.8, 4) is 0 Å². The van der Waals surface area contributed by atoms with E-state index in [2.05, 4.69) is 0 Å². The summed E-state index contributed by atoms with van der Waals surface area (Å²) in [5.74, 6) is -3.36. The minimum absolute atomic E-state index is 0.518. The molecular formula is C5H10N2O5S. The van der Waals surface area contributed by atoms with Gasteiger partial charge in [-0.15, -0.1) is 0 Å². The van der Waals surface area contributed by atoms with E-state index < -0.39 is 34.2 Å². The molecule has 76 valence electrons. The van der Waals surface area contributed by atoms with Gasteiger partial charge in [-0.1, -0.05) is 0 Å². The van der Waals surface area contributed by atoms with Crippen molar-refractivity contribution in [2.45, 2.75) is 0 Å². The Hall–Kier alpha value is -1.15. The van der Waals surface area contributed by atoms with Gasteiger partial charge in [0.2, 0.25) is 15.9 Å². The molecule has 0 spiro atoms. The SMILES string of the molecule is CN(CC(N)=O)S(=O)(=O)CC(=O)O. The summed E-state index contributed by atoms with van der Waals surface area (Å²) in [6, 6.07) is 0. The van der Waals surface area contributed by atoms with E-state index in [1.165, 1.54) is 0 Å². The molecule has 13 heavy (non-hydrogen) atoms. The zero-order valence-corrected chi connectivity index (χ0v) is 7.74. The summed E-state index contributed by atoms with van der Waals surface area (Å²) in [5.41, 5.74) is 4.73. The van der Waals surface area contributed by atoms with Crippen LogP contribution in [0.4, 0.5) is 0 Å². The number of nitrogens with two attached hydrogens (primary N) is 1. The topological polar surface area (TPSA) is 118 Å². The molecule has 0 aromatic rings. The van der Waals surface area contributed by atoms with Gasteiger partial charge in [0.05, 0.1) is 6.54 Å². The molecule has 0 radical (unpaired) electrons. The fraction of sp³-hybridized carbons (Fsp3) is 0.600. The lowest BCUT2D eigenvalue weighted by Crippen LogP contribution is -2.38. The molecule has 0 fully saturated rings. The van der Waals surface area contributed by atoms with Crippen molar-refractivity contribution < 1.29 is 23.1 Å². The van der Waals surface area contributed by atoms with Crippen molar-refractivity contribution in [3.05, 3.63) is 0 Å². The minimum atomic E-state index is -3.92. The maximum atomic E-state index is 11.0. The van der Waals surface area contributed by atoms with Gasteiger partial charge in [-0.3, -0.25) is 9.59 Å². The van der Waals surface area contributed by atoms with Gasteiger partial charge >= 0.3 is 5.97 Å². The van der Waals surface area contributed by atoms with Crippen LogP contribution in [0.15, 0.2) is 0 Å². The minimum Gasteiger partial charge on any atom is -0.480 e. The van der Waals surface area contributed by atoms with E-state index in [1.54, 1.807) is 0 Å². The highest BCUT2D eigenvalue weighted by Gasteiger charge is 2.22. The number of primary amides is 1. The van der Waals surface area contributed by atoms with Crippen LogP contribution in [-0.4, -0.2) is 49.1 Å². The number of carboxylic acid groups (broad SMARTS) is 1. The lowest BCUT2D eigenvalue weighted by Gasteiger charge is -2.12. The summed E-state index contributed by atoms with van der Waals surface area (Å²) in [4.78, 5) is 20.4. The standard InChI is InChI=1S/C5H10N2O5S/c1-7(2-4(6)8)13(11,12)3-5(9)10/h2-3H2,1H3,(H2,6,8)(H,9,10). The van der Waals surface area contributed by atoms with Crippen molar-refractivity contribution in [1.29, 1.82) is 0 Å². The first-order chi connectivity index (χ1) is 5.75. The number of carbonyl (C=O) groups is 2. The second-order valence-electron chi connectivity index (χ2n) is 2.37. The lowest BCUT2D eigenvalue weighted by molar-refractivity contribution is -0.134. The summed E-state index contributed by atoms with van der Waals surface area (Å²) in [6.45, 7) is -0.518. The number of amides is 1. The van der Waals surface area contributed by atoms with Gasteiger partial charge in [-0.2, -0.15) is 4.31 Å². The number of likely N-dealkylation sites (N-methyl/N-ethyl adjacent to an activating group) is 1. The van der Waals surface area contributed by atoms with Crippen LogP contribution in [0.2, 0.25) is 0 Å². The molecule has 0 aromatic heterocycles. The summed E-state index contributed by atoms with van der Waals surface area (Å²) in [7, 11) is -2.84. The van der Waals surface area contributed by atoms with E-state index in [0.29, 0.717) is 4.31 Å². The number of nitrogens with zero attached hydrogens (tertiary/aromatic N) is 1. The van der Waals surface area contributed by atoms with E-state index in [1.807, 2.05) is 0 Å². The first-order valence-electron chi connectivity index (χ1n) is 3.20. The Balaban J connectivity index is 4.46. The molecule has 0 saturated carbocycles. The van der Waals surface area contributed by atoms with Crippen LogP contribution in [0.3, 0.4) is 0 Å². The molecule has 0 aliphatic carbocycles. The largest absolute Gasteiger partial charge is 0.480 e. The molecular weight excluding hydrogens is 200 g/mol. The summed E-state index contributed by atoms with van der Waals surface area (Å²) < 4.78 is 22.6. The first-order valence-corrected chi connectivity index (χ1v) is 4.80. The molecule has 7 nitrogen and oxygen atoms in total. The number of rotatable bonds is 5. The lowest BCUT2D eigenvalue weighted by atomic mass is 10.6. The van der Waals surface area contributed by atoms with Gasteiger partial charge < -0.3 is 10.8 Å². The molecule has 0 aliphatic heterocycles. The Morgan fingerprint density at radius 2 is 1.92 bits per heavy atom. The fourth-order valence-corrected chi connectivity index (χ4v) is 1.44. The smallest absolute Gasteiger partial charge is 0.320 e. The Kier molecular flexibility index (Phi) is 3.82. The Morgan fingerprint density at radius 1 is 1.46 bits per heavy atom. The second kappa shape index (κ2) is 4.19. The number of hydrogen-bond acceptors (Lipinski definition) is 4. The molecule has 0 unspecified atom stereocenters. The predicted molar refractivity (Wildman–Crippen MR) is 43.2 cm³/mol. The van der Waals surface area contributed by atoms with Crippen LogP contribution in [0, 0.1) is 0 Å². The van der Waals surface area contributed by atoms with Gasteiger partial charge in [0.15, 0.2) is 5.75 Å². The van der Waals surface area contributed by atoms with Gasteiger partial charge in [0.25, 0.3) is 0 Å². The zero-order chi connectivity index (χ0) is 10.6. The Morgan fingerprint density at radius 3 is 2.23 bits per heavy atom. The number of carbonyl (C=O) groups excluding carboxylic acids is 1. The van der Waals surface area contributed by atoms with Crippen molar-refractivity contribution in [1.82, 2.24) is 4.31 Å². The average molecular weight is 210 g/mol. The number of sulfonamides is 1. The van der Waals surface area contributed by atoms with Crippen LogP contribution >= 0.6 is 0 Å². The quantitative estimate of drug-likeness (QED) is 0.534. The van der Waals surface area contributed by atoms with E-state index >= 15 is 0 Å². The molecule has 0 rings (SSSR count). The van der Waals surface area contributed by atoms with Crippen molar-refractivity contribution in [2.75, 3.05) is 19.3 Å². The molecule has 3 N–H and O–H groups in total. The van der Waals surface area contributed by atoms with Crippen molar-refractivity contribution in [3.63, 3.8) is 0 Å². The maximum absolute atomic E-state index is 11.0. The molecule has 0 bridgehead atoms. The van der Waals surface area contributed by atoms with Gasteiger partial charge in [-0.25, -0.2) is 8.42 Å². The van der Waals surface area contributed by atoms with E-state index in [-0.39, 0.29) is 0 Å². The predicted octanol–water partition coefficient (Wildman–Crippen LogP) is -2.18. The highest BCUT2D eigenvalue weighted by molar-refractivity contribution is 7.89. The summed E-state index contributed by atoms with van der Waals surface area (Å²) >= 11 is 0. The Bertz CT molecular complexity index is 309. The molecule has 1 amide bonds. The molecule has 8 heteroatoms. The number of aliphatic carboxylic acids is 1. The third-order valence-electron chi connectivity index (χ3n) is 1.16. The van der Waals surface area contributed by atoms with Crippen LogP contribution in [0.5, 0.6) is 0 Å². The van der Waals surface area contributed by atoms with Crippen molar-refractivity contribution >= 4 is 21.9 Å². The maximum Gasteiger partial charge on any atom is 0.320 e. The van der Waals surface area contributed by atoms with Gasteiger partial charge in [0.1, 0.15) is 0 Å². The fourth-order valence-electron chi connectivity index (χ4n) is 0.584. The number of hydrogen-bond donors (Lipinski definition) is 2. The molecule has 0 aliphatic rings. The van der Waals surface area contributed by atoms with Crippen LogP contribution in [0.1, 0.15) is 0 Å². The summed E-state index contributed by atoms with van der Waals surface area (Å²) in [5, 5.41) is 8.21. The second-order valence-corrected chi connectivity index (χ2v) is 4.45. The third-order valence-corrected chi connectivity index (χ3v) is 2.85. The van der Waals surface area contributed by atoms with E-state index in [4.69, 9.17) is 10.8 Å². The molecule has 0 atom stereocenters. The first kappa shape index (κ1) is 11.8. The Labute approximate surface area is 75.2 Å². The van der Waals surface area contributed by atoms with Gasteiger partial charge in [0, 0.05) is 7.05 Å². The zero-order valence-electron chi connectivity index (χ0n) is 6.93. The summed E-state index contributed by atoms with van der Waals surface area (Å²) in [6.07, 6.45) is 0. The van der Waals surface area contributed by atoms with Crippen LogP contribution in [0.25, 0.3) is 0 Å². The van der Waals surface area contributed by atoms with Gasteiger partial charge in [-0.05, 0) is 0 Å². The van der Waals surface area contributed by atoms with Crippen LogP contribution in [-0.2, 0) is 19.6 Å².